The first-order chi connectivity index (χ1) is 8.25. The molecule has 0 radical (unpaired) electrons. The highest BCUT2D eigenvalue weighted by Gasteiger charge is 2.11. The molecule has 1 fully saturated rings. The van der Waals surface area contributed by atoms with Gasteiger partial charge in [0, 0.05) is 48.4 Å². The number of nitrogens with zero attached hydrogens (tertiary/aromatic N) is 1. The molecule has 1 atom stereocenters. The van der Waals surface area contributed by atoms with E-state index < -0.39 is 10.8 Å². The first-order valence-corrected chi connectivity index (χ1v) is 7.52. The second kappa shape index (κ2) is 6.50. The van der Waals surface area contributed by atoms with Gasteiger partial charge in [0.1, 0.15) is 0 Å². The normalized spacial score (nSPS) is 19.1. The molecule has 1 aliphatic rings. The zero-order chi connectivity index (χ0) is 12.1. The first kappa shape index (κ1) is 13.0. The van der Waals surface area contributed by atoms with E-state index in [1.165, 1.54) is 0 Å². The largest absolute Gasteiger partial charge is 0.314 e. The number of rotatable bonds is 4. The Morgan fingerprint density at radius 2 is 2.12 bits per heavy atom. The lowest BCUT2D eigenvalue weighted by molar-refractivity contribution is 0.254. The highest BCUT2D eigenvalue weighted by Crippen LogP contribution is 2.14. The topological polar surface area (TPSA) is 32.3 Å². The van der Waals surface area contributed by atoms with E-state index in [2.05, 4.69) is 10.2 Å². The van der Waals surface area contributed by atoms with Crippen molar-refractivity contribution in [3.63, 3.8) is 0 Å². The summed E-state index contributed by atoms with van der Waals surface area (Å²) in [4.78, 5) is 3.17. The van der Waals surface area contributed by atoms with Gasteiger partial charge < -0.3 is 5.32 Å². The fourth-order valence-corrected chi connectivity index (χ4v) is 3.28. The number of piperazine rings is 1. The molecule has 94 valence electrons. The molecule has 0 spiro atoms. The summed E-state index contributed by atoms with van der Waals surface area (Å²) in [6.07, 6.45) is 0. The minimum atomic E-state index is -0.942. The standard InChI is InChI=1S/C12H17ClN2OS/c13-11-2-1-3-12(10-11)17(16)9-8-15-6-4-14-5-7-15/h1-3,10,14H,4-9H2. The van der Waals surface area contributed by atoms with Crippen LogP contribution in [-0.4, -0.2) is 47.6 Å². The highest BCUT2D eigenvalue weighted by molar-refractivity contribution is 7.85. The van der Waals surface area contributed by atoms with Crippen LogP contribution in [0.1, 0.15) is 0 Å². The van der Waals surface area contributed by atoms with Gasteiger partial charge in [-0.3, -0.25) is 9.11 Å². The van der Waals surface area contributed by atoms with Gasteiger partial charge in [-0.1, -0.05) is 17.7 Å². The summed E-state index contributed by atoms with van der Waals surface area (Å²) in [5.41, 5.74) is 0. The van der Waals surface area contributed by atoms with Crippen molar-refractivity contribution < 1.29 is 4.21 Å². The molecule has 5 heteroatoms. The number of hydrogen-bond acceptors (Lipinski definition) is 3. The van der Waals surface area contributed by atoms with E-state index in [9.17, 15) is 4.21 Å². The van der Waals surface area contributed by atoms with Crippen LogP contribution in [0.4, 0.5) is 0 Å². The molecule has 0 saturated carbocycles. The fourth-order valence-electron chi connectivity index (χ4n) is 1.87. The Hall–Kier alpha value is -0.420. The number of nitrogens with one attached hydrogen (secondary N) is 1. The predicted molar refractivity (Wildman–Crippen MR) is 72.0 cm³/mol. The Balaban J connectivity index is 1.84. The number of hydrogen-bond donors (Lipinski definition) is 1. The average Bonchev–Trinajstić information content (AvgIpc) is 2.37. The average molecular weight is 273 g/mol. The quantitative estimate of drug-likeness (QED) is 0.898. The molecule has 0 aliphatic carbocycles. The molecule has 0 aromatic heterocycles. The molecule has 17 heavy (non-hydrogen) atoms. The molecule has 1 aromatic carbocycles. The maximum absolute atomic E-state index is 12.0. The third-order valence-corrected chi connectivity index (χ3v) is 4.43. The Kier molecular flexibility index (Phi) is 4.98. The van der Waals surface area contributed by atoms with Crippen LogP contribution in [0.5, 0.6) is 0 Å². The van der Waals surface area contributed by atoms with Crippen molar-refractivity contribution in [2.24, 2.45) is 0 Å². The molecule has 2 rings (SSSR count). The van der Waals surface area contributed by atoms with Gasteiger partial charge in [-0.05, 0) is 18.2 Å². The smallest absolute Gasteiger partial charge is 0.0542 e. The van der Waals surface area contributed by atoms with E-state index >= 15 is 0 Å². The molecule has 3 nitrogen and oxygen atoms in total. The summed E-state index contributed by atoms with van der Waals surface area (Å²) >= 11 is 5.88. The number of benzene rings is 1. The monoisotopic (exact) mass is 272 g/mol. The summed E-state index contributed by atoms with van der Waals surface area (Å²) in [5.74, 6) is 0.681. The molecule has 1 heterocycles. The van der Waals surface area contributed by atoms with Crippen molar-refractivity contribution in [2.75, 3.05) is 38.5 Å². The van der Waals surface area contributed by atoms with Crippen LogP contribution in [0.25, 0.3) is 0 Å². The zero-order valence-electron chi connectivity index (χ0n) is 9.69. The van der Waals surface area contributed by atoms with E-state index in [0.717, 1.165) is 37.6 Å². The summed E-state index contributed by atoms with van der Waals surface area (Å²) in [5, 5.41) is 3.96. The molecular formula is C12H17ClN2OS. The van der Waals surface area contributed by atoms with E-state index in [0.29, 0.717) is 10.8 Å². The minimum Gasteiger partial charge on any atom is -0.314 e. The van der Waals surface area contributed by atoms with Crippen LogP contribution in [0.15, 0.2) is 29.2 Å². The summed E-state index contributed by atoms with van der Waals surface area (Å²) in [6, 6.07) is 7.31. The van der Waals surface area contributed by atoms with E-state index in [1.54, 1.807) is 12.1 Å². The molecule has 1 N–H and O–H groups in total. The first-order valence-electron chi connectivity index (χ1n) is 5.83. The van der Waals surface area contributed by atoms with Gasteiger partial charge in [-0.2, -0.15) is 0 Å². The van der Waals surface area contributed by atoms with Gasteiger partial charge in [0.25, 0.3) is 0 Å². The molecular weight excluding hydrogens is 256 g/mol. The van der Waals surface area contributed by atoms with Crippen LogP contribution in [0, 0.1) is 0 Å². The maximum atomic E-state index is 12.0. The van der Waals surface area contributed by atoms with E-state index in [1.807, 2.05) is 12.1 Å². The van der Waals surface area contributed by atoms with Gasteiger partial charge in [-0.25, -0.2) is 0 Å². The van der Waals surface area contributed by atoms with Gasteiger partial charge in [0.05, 0.1) is 10.8 Å². The lowest BCUT2D eigenvalue weighted by Gasteiger charge is -2.26. The Bertz CT molecular complexity index is 394. The minimum absolute atomic E-state index is 0.651. The van der Waals surface area contributed by atoms with Gasteiger partial charge in [-0.15, -0.1) is 0 Å². The highest BCUT2D eigenvalue weighted by atomic mass is 35.5. The molecule has 1 aliphatic heterocycles. The van der Waals surface area contributed by atoms with Crippen molar-refractivity contribution >= 4 is 22.4 Å². The van der Waals surface area contributed by atoms with Crippen LogP contribution in [0.2, 0.25) is 5.02 Å². The lowest BCUT2D eigenvalue weighted by Crippen LogP contribution is -2.44. The second-order valence-electron chi connectivity index (χ2n) is 4.10. The SMILES string of the molecule is O=S(CCN1CCNCC1)c1cccc(Cl)c1. The van der Waals surface area contributed by atoms with Gasteiger partial charge >= 0.3 is 0 Å². The molecule has 0 bridgehead atoms. The van der Waals surface area contributed by atoms with Crippen molar-refractivity contribution in [1.29, 1.82) is 0 Å². The van der Waals surface area contributed by atoms with Crippen LogP contribution >= 0.6 is 11.6 Å². The van der Waals surface area contributed by atoms with Gasteiger partial charge in [0.2, 0.25) is 0 Å². The van der Waals surface area contributed by atoms with Crippen molar-refractivity contribution in [1.82, 2.24) is 10.2 Å². The lowest BCUT2D eigenvalue weighted by atomic mass is 10.4. The number of halogens is 1. The third kappa shape index (κ3) is 4.07. The van der Waals surface area contributed by atoms with Crippen molar-refractivity contribution in [3.8, 4) is 0 Å². The van der Waals surface area contributed by atoms with Crippen LogP contribution in [-0.2, 0) is 10.8 Å². The summed E-state index contributed by atoms with van der Waals surface area (Å²) in [6.45, 7) is 5.05. The Morgan fingerprint density at radius 1 is 1.35 bits per heavy atom. The maximum Gasteiger partial charge on any atom is 0.0542 e. The predicted octanol–water partition coefficient (Wildman–Crippen LogP) is 1.35. The van der Waals surface area contributed by atoms with Crippen LogP contribution in [0.3, 0.4) is 0 Å². The molecule has 1 saturated heterocycles. The Morgan fingerprint density at radius 3 is 2.82 bits per heavy atom. The molecule has 0 amide bonds. The second-order valence-corrected chi connectivity index (χ2v) is 6.11. The fraction of sp³-hybridized carbons (Fsp3) is 0.500. The van der Waals surface area contributed by atoms with Crippen LogP contribution < -0.4 is 5.32 Å². The third-order valence-electron chi connectivity index (χ3n) is 2.86. The summed E-state index contributed by atoms with van der Waals surface area (Å²) < 4.78 is 12.0. The molecule has 1 unspecified atom stereocenters. The van der Waals surface area contributed by atoms with Crippen molar-refractivity contribution in [2.45, 2.75) is 4.90 Å². The van der Waals surface area contributed by atoms with Crippen molar-refractivity contribution in [3.05, 3.63) is 29.3 Å². The van der Waals surface area contributed by atoms with E-state index in [-0.39, 0.29) is 0 Å². The summed E-state index contributed by atoms with van der Waals surface area (Å²) in [7, 11) is -0.942. The Labute approximate surface area is 110 Å². The van der Waals surface area contributed by atoms with Gasteiger partial charge in [0.15, 0.2) is 0 Å². The van der Waals surface area contributed by atoms with E-state index in [4.69, 9.17) is 11.6 Å². The molecule has 1 aromatic rings. The zero-order valence-corrected chi connectivity index (χ0v) is 11.3.